The Kier molecular flexibility index (Phi) is 7.14. The van der Waals surface area contributed by atoms with Crippen molar-refractivity contribution >= 4 is 23.5 Å². The van der Waals surface area contributed by atoms with Gasteiger partial charge in [-0.3, -0.25) is 19.2 Å². The summed E-state index contributed by atoms with van der Waals surface area (Å²) in [5, 5.41) is 5.06. The van der Waals surface area contributed by atoms with Gasteiger partial charge in [0, 0.05) is 24.6 Å². The van der Waals surface area contributed by atoms with E-state index in [1.807, 2.05) is 0 Å². The fourth-order valence-corrected chi connectivity index (χ4v) is 5.61. The normalized spacial score (nSPS) is 26.9. The van der Waals surface area contributed by atoms with Crippen molar-refractivity contribution in [1.29, 1.82) is 0 Å². The van der Waals surface area contributed by atoms with Crippen LogP contribution in [-0.4, -0.2) is 60.3 Å². The van der Waals surface area contributed by atoms with Crippen molar-refractivity contribution in [1.82, 2.24) is 15.5 Å². The fraction of sp³-hybridized carbons (Fsp3) is 0.583. The number of likely N-dealkylation sites (tertiary alicyclic amines) is 1. The highest BCUT2D eigenvalue weighted by Crippen LogP contribution is 2.44. The van der Waals surface area contributed by atoms with Gasteiger partial charge < -0.3 is 15.5 Å². The lowest BCUT2D eigenvalue weighted by Gasteiger charge is -2.31. The summed E-state index contributed by atoms with van der Waals surface area (Å²) in [6.45, 7) is -1.03. The van der Waals surface area contributed by atoms with Gasteiger partial charge in [-0.15, -0.1) is 0 Å². The summed E-state index contributed by atoms with van der Waals surface area (Å²) >= 11 is 0. The number of nitrogens with one attached hydrogen (secondary N) is 2. The van der Waals surface area contributed by atoms with Gasteiger partial charge in [0.2, 0.25) is 11.8 Å². The van der Waals surface area contributed by atoms with Crippen molar-refractivity contribution in [3.05, 3.63) is 35.6 Å². The third-order valence-corrected chi connectivity index (χ3v) is 7.40. The van der Waals surface area contributed by atoms with E-state index in [1.54, 1.807) is 0 Å². The van der Waals surface area contributed by atoms with Crippen molar-refractivity contribution in [3.8, 4) is 0 Å². The first-order chi connectivity index (χ1) is 16.6. The maximum absolute atomic E-state index is 15.1. The van der Waals surface area contributed by atoms with Gasteiger partial charge in [0.15, 0.2) is 5.78 Å². The van der Waals surface area contributed by atoms with E-state index in [9.17, 15) is 28.0 Å². The number of carbonyl (C=O) groups excluding carboxylic acids is 4. The SMILES string of the molecule is O=C1NCC[C@H]1C[C@H](NC(=O)[C@@H]1[C@H]2CCC[C@H]2CN1C(=O)C(F)(F)c1cccc(F)c1)C(=O)CF. The number of halogens is 4. The van der Waals surface area contributed by atoms with Crippen LogP contribution in [0.5, 0.6) is 0 Å². The molecule has 2 saturated heterocycles. The Balaban J connectivity index is 1.57. The summed E-state index contributed by atoms with van der Waals surface area (Å²) in [6.07, 6.45) is 2.25. The Morgan fingerprint density at radius 2 is 1.97 bits per heavy atom. The third-order valence-electron chi connectivity index (χ3n) is 7.40. The molecule has 2 N–H and O–H groups in total. The van der Waals surface area contributed by atoms with Crippen LogP contribution in [0.15, 0.2) is 24.3 Å². The Morgan fingerprint density at radius 3 is 2.63 bits per heavy atom. The number of ketones is 1. The molecule has 5 atom stereocenters. The zero-order valence-corrected chi connectivity index (χ0v) is 18.9. The summed E-state index contributed by atoms with van der Waals surface area (Å²) in [7, 11) is 0. The van der Waals surface area contributed by atoms with E-state index in [2.05, 4.69) is 10.6 Å². The van der Waals surface area contributed by atoms with E-state index < -0.39 is 65.5 Å². The molecule has 1 aromatic rings. The number of fused-ring (bicyclic) bond motifs is 1. The summed E-state index contributed by atoms with van der Waals surface area (Å²) < 4.78 is 57.0. The smallest absolute Gasteiger partial charge is 0.350 e. The predicted molar refractivity (Wildman–Crippen MR) is 115 cm³/mol. The largest absolute Gasteiger partial charge is 0.356 e. The third kappa shape index (κ3) is 4.90. The fourth-order valence-electron chi connectivity index (χ4n) is 5.61. The van der Waals surface area contributed by atoms with Crippen molar-refractivity contribution in [2.45, 2.75) is 50.1 Å². The molecule has 0 aromatic heterocycles. The Labute approximate surface area is 199 Å². The number of Topliss-reactive ketones (excluding diaryl/α,β-unsaturated/α-hetero) is 1. The molecule has 0 radical (unpaired) electrons. The van der Waals surface area contributed by atoms with Crippen LogP contribution in [0.25, 0.3) is 0 Å². The van der Waals surface area contributed by atoms with E-state index >= 15 is 8.78 Å². The van der Waals surface area contributed by atoms with E-state index in [-0.39, 0.29) is 24.8 Å². The highest BCUT2D eigenvalue weighted by atomic mass is 19.3. The van der Waals surface area contributed by atoms with E-state index in [0.29, 0.717) is 31.9 Å². The molecule has 3 aliphatic rings. The van der Waals surface area contributed by atoms with Crippen LogP contribution in [0.2, 0.25) is 0 Å². The number of rotatable bonds is 8. The molecule has 3 fully saturated rings. The topological polar surface area (TPSA) is 95.6 Å². The van der Waals surface area contributed by atoms with Gasteiger partial charge in [-0.1, -0.05) is 18.6 Å². The quantitative estimate of drug-likeness (QED) is 0.538. The Morgan fingerprint density at radius 1 is 1.20 bits per heavy atom. The number of carbonyl (C=O) groups is 4. The zero-order valence-electron chi connectivity index (χ0n) is 18.9. The molecule has 7 nitrogen and oxygen atoms in total. The molecule has 190 valence electrons. The Bertz CT molecular complexity index is 1020. The van der Waals surface area contributed by atoms with Gasteiger partial charge in [-0.25, -0.2) is 8.78 Å². The Hall–Kier alpha value is -2.98. The summed E-state index contributed by atoms with van der Waals surface area (Å²) in [4.78, 5) is 51.3. The van der Waals surface area contributed by atoms with Crippen LogP contribution in [0.1, 0.15) is 37.7 Å². The van der Waals surface area contributed by atoms with Crippen LogP contribution >= 0.6 is 0 Å². The minimum atomic E-state index is -4.07. The van der Waals surface area contributed by atoms with Gasteiger partial charge in [0.1, 0.15) is 18.5 Å². The molecule has 1 aromatic carbocycles. The van der Waals surface area contributed by atoms with Gasteiger partial charge in [-0.2, -0.15) is 8.78 Å². The molecule has 11 heteroatoms. The molecule has 1 saturated carbocycles. The van der Waals surface area contributed by atoms with Gasteiger partial charge in [0.05, 0.1) is 6.04 Å². The number of nitrogens with zero attached hydrogens (tertiary/aromatic N) is 1. The van der Waals surface area contributed by atoms with E-state index in [0.717, 1.165) is 29.5 Å². The molecule has 3 amide bonds. The number of amides is 3. The van der Waals surface area contributed by atoms with Crippen molar-refractivity contribution in [2.75, 3.05) is 19.8 Å². The summed E-state index contributed by atoms with van der Waals surface area (Å²) in [5.74, 6) is -9.84. The van der Waals surface area contributed by atoms with Crippen molar-refractivity contribution in [2.24, 2.45) is 17.8 Å². The lowest BCUT2D eigenvalue weighted by molar-refractivity contribution is -0.162. The minimum absolute atomic E-state index is 0.0702. The molecular weight excluding hydrogens is 470 g/mol. The number of hydrogen-bond donors (Lipinski definition) is 2. The molecule has 0 unspecified atom stereocenters. The van der Waals surface area contributed by atoms with Crippen LogP contribution in [-0.2, 0) is 25.1 Å². The lowest BCUT2D eigenvalue weighted by Crippen LogP contribution is -2.55. The maximum atomic E-state index is 15.1. The maximum Gasteiger partial charge on any atom is 0.350 e. The lowest BCUT2D eigenvalue weighted by atomic mass is 9.92. The van der Waals surface area contributed by atoms with Crippen molar-refractivity contribution < 1.29 is 36.7 Å². The van der Waals surface area contributed by atoms with Gasteiger partial charge in [0.25, 0.3) is 5.91 Å². The average molecular weight is 497 g/mol. The highest BCUT2D eigenvalue weighted by Gasteiger charge is 2.55. The van der Waals surface area contributed by atoms with Crippen molar-refractivity contribution in [3.63, 3.8) is 0 Å². The van der Waals surface area contributed by atoms with Crippen LogP contribution in [0, 0.1) is 23.6 Å². The molecular formula is C24H27F4N3O4. The summed E-state index contributed by atoms with van der Waals surface area (Å²) in [5.41, 5.74) is -0.823. The molecule has 2 aliphatic heterocycles. The van der Waals surface area contributed by atoms with Gasteiger partial charge >= 0.3 is 5.92 Å². The zero-order chi connectivity index (χ0) is 25.3. The second-order valence-corrected chi connectivity index (χ2v) is 9.52. The highest BCUT2D eigenvalue weighted by molar-refractivity contribution is 5.95. The van der Waals surface area contributed by atoms with E-state index in [4.69, 9.17) is 0 Å². The average Bonchev–Trinajstić information content (AvgIpc) is 3.53. The first kappa shape index (κ1) is 25.1. The second-order valence-electron chi connectivity index (χ2n) is 9.52. The first-order valence-electron chi connectivity index (χ1n) is 11.7. The number of benzene rings is 1. The minimum Gasteiger partial charge on any atom is -0.356 e. The number of alkyl halides is 3. The molecule has 4 rings (SSSR count). The molecule has 2 heterocycles. The standard InChI is InChI=1S/C24H27F4N3O4/c25-11-19(32)18(9-13-7-8-29-21(13)33)30-22(34)20-17-6-1-3-14(17)12-31(20)23(35)24(27,28)15-4-2-5-16(26)10-15/h2,4-5,10,13-14,17-18,20H,1,3,6-9,11-12H2,(H,29,33)(H,30,34)/t13-,14-,17-,18-,20-/m0/s1. The summed E-state index contributed by atoms with van der Waals surface area (Å²) in [6, 6.07) is 0.972. The molecule has 0 spiro atoms. The van der Waals surface area contributed by atoms with Gasteiger partial charge in [-0.05, 0) is 49.7 Å². The molecule has 35 heavy (non-hydrogen) atoms. The molecule has 0 bridgehead atoms. The first-order valence-corrected chi connectivity index (χ1v) is 11.7. The van der Waals surface area contributed by atoms with Crippen LogP contribution in [0.4, 0.5) is 17.6 Å². The predicted octanol–water partition coefficient (Wildman–Crippen LogP) is 2.09. The van der Waals surface area contributed by atoms with Crippen LogP contribution in [0.3, 0.4) is 0 Å². The van der Waals surface area contributed by atoms with E-state index in [1.165, 1.54) is 0 Å². The molecule has 1 aliphatic carbocycles. The monoisotopic (exact) mass is 497 g/mol. The van der Waals surface area contributed by atoms with Crippen LogP contribution < -0.4 is 10.6 Å². The number of hydrogen-bond acceptors (Lipinski definition) is 4. The second kappa shape index (κ2) is 9.94.